The molecule has 5 nitrogen and oxygen atoms in total. The molecule has 4 heterocycles. The monoisotopic (exact) mass is 305 g/mol. The number of pyridine rings is 1. The molecule has 0 saturated carbocycles. The summed E-state index contributed by atoms with van der Waals surface area (Å²) < 4.78 is 2.04. The van der Waals surface area contributed by atoms with Gasteiger partial charge in [-0.15, -0.1) is 0 Å². The molecule has 0 radical (unpaired) electrons. The maximum absolute atomic E-state index is 11.9. The van der Waals surface area contributed by atoms with E-state index in [2.05, 4.69) is 11.1 Å². The van der Waals surface area contributed by atoms with Crippen molar-refractivity contribution in [2.24, 2.45) is 0 Å². The highest BCUT2D eigenvalue weighted by atomic mass is 35.5. The van der Waals surface area contributed by atoms with Crippen LogP contribution in [0.15, 0.2) is 18.3 Å². The van der Waals surface area contributed by atoms with Crippen LogP contribution in [0.25, 0.3) is 11.0 Å². The highest BCUT2D eigenvalue weighted by molar-refractivity contribution is 6.31. The zero-order chi connectivity index (χ0) is 14.6. The van der Waals surface area contributed by atoms with Crippen molar-refractivity contribution in [3.63, 3.8) is 0 Å². The molecular formula is C15H16ClN3O2. The van der Waals surface area contributed by atoms with Crippen molar-refractivity contribution in [1.29, 1.82) is 0 Å². The molecule has 1 amide bonds. The van der Waals surface area contributed by atoms with E-state index in [1.54, 1.807) is 6.20 Å². The Bertz CT molecular complexity index is 727. The summed E-state index contributed by atoms with van der Waals surface area (Å²) in [5.41, 5.74) is 1.95. The Morgan fingerprint density at radius 3 is 3.00 bits per heavy atom. The lowest BCUT2D eigenvalue weighted by atomic mass is 10.00. The number of fused-ring (bicyclic) bond motifs is 3. The molecule has 1 saturated heterocycles. The van der Waals surface area contributed by atoms with Crippen LogP contribution in [0.5, 0.6) is 0 Å². The second-order valence-corrected chi connectivity index (χ2v) is 6.28. The van der Waals surface area contributed by atoms with Crippen LogP contribution < -0.4 is 0 Å². The van der Waals surface area contributed by atoms with Crippen molar-refractivity contribution in [1.82, 2.24) is 14.5 Å². The van der Waals surface area contributed by atoms with Crippen molar-refractivity contribution >= 4 is 28.5 Å². The zero-order valence-corrected chi connectivity index (χ0v) is 12.3. The molecule has 6 heteroatoms. The van der Waals surface area contributed by atoms with Crippen LogP contribution in [0, 0.1) is 0 Å². The van der Waals surface area contributed by atoms with Gasteiger partial charge in [0.25, 0.3) is 0 Å². The minimum absolute atomic E-state index is 0.118. The summed E-state index contributed by atoms with van der Waals surface area (Å²) in [6.07, 6.45) is 3.24. The average Bonchev–Trinajstić information content (AvgIpc) is 3.00. The van der Waals surface area contributed by atoms with Crippen LogP contribution in [0.4, 0.5) is 0 Å². The maximum Gasteiger partial charge on any atom is 0.222 e. The Morgan fingerprint density at radius 1 is 1.38 bits per heavy atom. The first-order valence-corrected chi connectivity index (χ1v) is 7.62. The lowest BCUT2D eigenvalue weighted by Crippen LogP contribution is -2.50. The highest BCUT2D eigenvalue weighted by Crippen LogP contribution is 2.29. The third kappa shape index (κ3) is 2.03. The number of rotatable bonds is 1. The summed E-state index contributed by atoms with van der Waals surface area (Å²) in [6.45, 7) is 1.23. The number of aliphatic hydroxyl groups excluding tert-OH is 1. The number of carbonyl (C=O) groups excluding carboxylic acids is 1. The van der Waals surface area contributed by atoms with Crippen LogP contribution >= 0.6 is 11.6 Å². The first kappa shape index (κ1) is 13.1. The number of nitrogens with zero attached hydrogens (tertiary/aromatic N) is 3. The van der Waals surface area contributed by atoms with E-state index in [9.17, 15) is 9.90 Å². The maximum atomic E-state index is 11.9. The fourth-order valence-electron chi connectivity index (χ4n) is 3.54. The predicted molar refractivity (Wildman–Crippen MR) is 79.2 cm³/mol. The predicted octanol–water partition coefficient (Wildman–Crippen LogP) is 1.60. The third-order valence-electron chi connectivity index (χ3n) is 4.53. The Morgan fingerprint density at radius 2 is 2.24 bits per heavy atom. The summed E-state index contributed by atoms with van der Waals surface area (Å²) in [7, 11) is 0. The van der Waals surface area contributed by atoms with Gasteiger partial charge < -0.3 is 14.6 Å². The van der Waals surface area contributed by atoms with E-state index in [0.717, 1.165) is 29.7 Å². The van der Waals surface area contributed by atoms with Crippen molar-refractivity contribution < 1.29 is 9.90 Å². The number of carbonyl (C=O) groups is 1. The Hall–Kier alpha value is -1.59. The standard InChI is InChI=1S/C15H16ClN3O2/c16-10-4-9-5-11-6-12(18-3-1-2-14(18)21)13(20)8-19(11)15(9)17-7-10/h4-5,7,12-13,20H,1-3,6,8H2. The molecule has 0 spiro atoms. The van der Waals surface area contributed by atoms with Crippen molar-refractivity contribution in [3.8, 4) is 0 Å². The number of aliphatic hydroxyl groups is 1. The fourth-order valence-corrected chi connectivity index (χ4v) is 3.71. The third-order valence-corrected chi connectivity index (χ3v) is 4.74. The van der Waals surface area contributed by atoms with E-state index in [1.807, 2.05) is 15.5 Å². The van der Waals surface area contributed by atoms with Crippen molar-refractivity contribution in [2.45, 2.75) is 38.0 Å². The molecule has 21 heavy (non-hydrogen) atoms. The number of amides is 1. The summed E-state index contributed by atoms with van der Waals surface area (Å²) >= 11 is 5.99. The molecule has 110 valence electrons. The first-order valence-electron chi connectivity index (χ1n) is 7.24. The number of hydrogen-bond donors (Lipinski definition) is 1. The van der Waals surface area contributed by atoms with Gasteiger partial charge in [-0.2, -0.15) is 0 Å². The molecule has 0 aliphatic carbocycles. The minimum Gasteiger partial charge on any atom is -0.389 e. The molecule has 2 aromatic heterocycles. The van der Waals surface area contributed by atoms with Crippen LogP contribution in [0.2, 0.25) is 5.02 Å². The summed E-state index contributed by atoms with van der Waals surface area (Å²) in [5.74, 6) is 0.157. The summed E-state index contributed by atoms with van der Waals surface area (Å²) in [6, 6.07) is 3.83. The Balaban J connectivity index is 1.73. The number of aromatic nitrogens is 2. The van der Waals surface area contributed by atoms with Crippen LogP contribution in [-0.4, -0.2) is 44.2 Å². The number of halogens is 1. The molecule has 2 aliphatic heterocycles. The molecule has 2 aromatic rings. The first-order chi connectivity index (χ1) is 10.1. The quantitative estimate of drug-likeness (QED) is 0.870. The fraction of sp³-hybridized carbons (Fsp3) is 0.467. The smallest absolute Gasteiger partial charge is 0.222 e. The van der Waals surface area contributed by atoms with Gasteiger partial charge in [0.15, 0.2) is 0 Å². The topological polar surface area (TPSA) is 58.4 Å². The largest absolute Gasteiger partial charge is 0.389 e. The van der Waals surface area contributed by atoms with E-state index in [1.165, 1.54) is 0 Å². The second kappa shape index (κ2) is 4.71. The van der Waals surface area contributed by atoms with Crippen LogP contribution in [0.1, 0.15) is 18.5 Å². The normalized spacial score (nSPS) is 25.6. The molecule has 2 unspecified atom stereocenters. The average molecular weight is 306 g/mol. The molecule has 4 rings (SSSR count). The zero-order valence-electron chi connectivity index (χ0n) is 11.5. The van der Waals surface area contributed by atoms with Crippen molar-refractivity contribution in [2.75, 3.05) is 6.54 Å². The second-order valence-electron chi connectivity index (χ2n) is 5.84. The van der Waals surface area contributed by atoms with E-state index in [4.69, 9.17) is 11.6 Å². The number of likely N-dealkylation sites (tertiary alicyclic amines) is 1. The van der Waals surface area contributed by atoms with Crippen molar-refractivity contribution in [3.05, 3.63) is 29.0 Å². The Kier molecular flexibility index (Phi) is 2.94. The minimum atomic E-state index is -0.548. The van der Waals surface area contributed by atoms with Gasteiger partial charge in [0.2, 0.25) is 5.91 Å². The molecule has 2 atom stereocenters. The molecule has 1 N–H and O–H groups in total. The van der Waals surface area contributed by atoms with Gasteiger partial charge in [-0.05, 0) is 18.6 Å². The molecule has 2 aliphatic rings. The SMILES string of the molecule is O=C1CCCN1C1Cc2cc3cc(Cl)cnc3n2CC1O. The van der Waals surface area contributed by atoms with Gasteiger partial charge >= 0.3 is 0 Å². The van der Waals surface area contributed by atoms with E-state index in [0.29, 0.717) is 24.4 Å². The number of hydrogen-bond acceptors (Lipinski definition) is 3. The molecule has 0 aromatic carbocycles. The Labute approximate surface area is 127 Å². The van der Waals surface area contributed by atoms with Crippen LogP contribution in [-0.2, 0) is 17.8 Å². The van der Waals surface area contributed by atoms with Gasteiger partial charge in [0, 0.05) is 36.7 Å². The van der Waals surface area contributed by atoms with Gasteiger partial charge in [0.1, 0.15) is 5.65 Å². The molecular weight excluding hydrogens is 290 g/mol. The molecule has 1 fully saturated rings. The lowest BCUT2D eigenvalue weighted by Gasteiger charge is -2.36. The van der Waals surface area contributed by atoms with Crippen LogP contribution in [0.3, 0.4) is 0 Å². The highest BCUT2D eigenvalue weighted by Gasteiger charge is 2.36. The van der Waals surface area contributed by atoms with Gasteiger partial charge in [-0.25, -0.2) is 4.98 Å². The van der Waals surface area contributed by atoms with Gasteiger partial charge in [0.05, 0.1) is 23.7 Å². The summed E-state index contributed by atoms with van der Waals surface area (Å²) in [5, 5.41) is 12.1. The van der Waals surface area contributed by atoms with Gasteiger partial charge in [-0.1, -0.05) is 11.6 Å². The summed E-state index contributed by atoms with van der Waals surface area (Å²) in [4.78, 5) is 18.1. The van der Waals surface area contributed by atoms with E-state index >= 15 is 0 Å². The van der Waals surface area contributed by atoms with E-state index < -0.39 is 6.10 Å². The van der Waals surface area contributed by atoms with Gasteiger partial charge in [-0.3, -0.25) is 4.79 Å². The lowest BCUT2D eigenvalue weighted by molar-refractivity contribution is -0.132. The molecule has 0 bridgehead atoms. The van der Waals surface area contributed by atoms with E-state index in [-0.39, 0.29) is 11.9 Å².